The third-order valence-electron chi connectivity index (χ3n) is 4.36. The van der Waals surface area contributed by atoms with Crippen molar-refractivity contribution in [1.29, 1.82) is 0 Å². The Morgan fingerprint density at radius 2 is 1.68 bits per heavy atom. The lowest BCUT2D eigenvalue weighted by atomic mass is 10.1. The van der Waals surface area contributed by atoms with E-state index in [0.29, 0.717) is 18.5 Å². The number of hydrogen-bond acceptors (Lipinski definition) is 4. The first-order chi connectivity index (χ1) is 12.2. The van der Waals surface area contributed by atoms with Gasteiger partial charge in [-0.05, 0) is 43.9 Å². The first kappa shape index (κ1) is 21.8. The van der Waals surface area contributed by atoms with Crippen LogP contribution in [0.25, 0.3) is 6.08 Å². The van der Waals surface area contributed by atoms with Crippen LogP contribution >= 0.6 is 0 Å². The highest BCUT2D eigenvalue weighted by atomic mass is 16.3. The van der Waals surface area contributed by atoms with Crippen LogP contribution < -0.4 is 0 Å². The Bertz CT molecular complexity index is 476. The highest BCUT2D eigenvalue weighted by Crippen LogP contribution is 2.18. The molecule has 3 N–H and O–H groups in total. The van der Waals surface area contributed by atoms with Crippen molar-refractivity contribution in [3.63, 3.8) is 0 Å². The van der Waals surface area contributed by atoms with E-state index >= 15 is 0 Å². The summed E-state index contributed by atoms with van der Waals surface area (Å²) in [5, 5.41) is 29.0. The van der Waals surface area contributed by atoms with Crippen molar-refractivity contribution in [2.75, 3.05) is 6.61 Å². The van der Waals surface area contributed by atoms with Crippen LogP contribution in [0.3, 0.4) is 0 Å². The molecule has 0 fully saturated rings. The van der Waals surface area contributed by atoms with Crippen molar-refractivity contribution >= 4 is 6.08 Å². The Morgan fingerprint density at radius 1 is 0.960 bits per heavy atom. The summed E-state index contributed by atoms with van der Waals surface area (Å²) < 4.78 is 0. The lowest BCUT2D eigenvalue weighted by Gasteiger charge is -2.10. The first-order valence-electron chi connectivity index (χ1n) is 9.79. The highest BCUT2D eigenvalue weighted by Gasteiger charge is 2.09. The topological polar surface area (TPSA) is 73.6 Å². The Morgan fingerprint density at radius 3 is 2.44 bits per heavy atom. The maximum Gasteiger partial charge on any atom is 0.0960 e. The van der Waals surface area contributed by atoms with Crippen molar-refractivity contribution in [2.45, 2.75) is 83.3 Å². The van der Waals surface area contributed by atoms with E-state index in [2.05, 4.69) is 11.9 Å². The number of aliphatic hydroxyl groups is 3. The average Bonchev–Trinajstić information content (AvgIpc) is 2.63. The SMILES string of the molecule is CCCCCCCC[C@H](O)/C=C/c1cccc([C@@H](O)CCCCO)n1. The molecule has 0 radical (unpaired) electrons. The first-order valence-corrected chi connectivity index (χ1v) is 9.79. The lowest BCUT2D eigenvalue weighted by molar-refractivity contribution is 0.155. The molecule has 0 aliphatic carbocycles. The average molecular weight is 350 g/mol. The summed E-state index contributed by atoms with van der Waals surface area (Å²) in [7, 11) is 0. The van der Waals surface area contributed by atoms with Crippen molar-refractivity contribution in [3.05, 3.63) is 35.7 Å². The smallest absolute Gasteiger partial charge is 0.0960 e. The second-order valence-electron chi connectivity index (χ2n) is 6.71. The van der Waals surface area contributed by atoms with E-state index < -0.39 is 12.2 Å². The predicted molar refractivity (Wildman–Crippen MR) is 103 cm³/mol. The van der Waals surface area contributed by atoms with Crippen molar-refractivity contribution in [3.8, 4) is 0 Å². The van der Waals surface area contributed by atoms with Crippen LogP contribution in [0.1, 0.15) is 88.6 Å². The summed E-state index contributed by atoms with van der Waals surface area (Å²) >= 11 is 0. The Kier molecular flexibility index (Phi) is 12.2. The van der Waals surface area contributed by atoms with Gasteiger partial charge in [0.05, 0.1) is 23.6 Å². The normalized spacial score (nSPS) is 14.1. The second-order valence-corrected chi connectivity index (χ2v) is 6.71. The number of aliphatic hydroxyl groups excluding tert-OH is 3. The van der Waals surface area contributed by atoms with Gasteiger partial charge in [0.2, 0.25) is 0 Å². The van der Waals surface area contributed by atoms with E-state index in [0.717, 1.165) is 25.0 Å². The van der Waals surface area contributed by atoms with Crippen LogP contribution in [0.2, 0.25) is 0 Å². The van der Waals surface area contributed by atoms with E-state index in [1.54, 1.807) is 6.08 Å². The van der Waals surface area contributed by atoms with E-state index in [-0.39, 0.29) is 6.61 Å². The molecule has 0 aliphatic rings. The summed E-state index contributed by atoms with van der Waals surface area (Å²) in [5.41, 5.74) is 1.39. The molecular weight excluding hydrogens is 314 g/mol. The molecule has 0 aromatic carbocycles. The molecule has 142 valence electrons. The maximum atomic E-state index is 10.1. The van der Waals surface area contributed by atoms with Gasteiger partial charge in [0, 0.05) is 6.61 Å². The predicted octanol–water partition coefficient (Wildman–Crippen LogP) is 4.40. The third kappa shape index (κ3) is 10.4. The van der Waals surface area contributed by atoms with E-state index in [1.165, 1.54) is 32.1 Å². The van der Waals surface area contributed by atoms with E-state index in [1.807, 2.05) is 24.3 Å². The van der Waals surface area contributed by atoms with Gasteiger partial charge >= 0.3 is 0 Å². The van der Waals surface area contributed by atoms with Crippen LogP contribution in [0.4, 0.5) is 0 Å². The van der Waals surface area contributed by atoms with Gasteiger partial charge < -0.3 is 15.3 Å². The van der Waals surface area contributed by atoms with Gasteiger partial charge in [0.15, 0.2) is 0 Å². The molecule has 0 spiro atoms. The zero-order valence-corrected chi connectivity index (χ0v) is 15.6. The molecule has 1 rings (SSSR count). The Labute approximate surface area is 152 Å². The summed E-state index contributed by atoms with van der Waals surface area (Å²) in [4.78, 5) is 4.44. The third-order valence-corrected chi connectivity index (χ3v) is 4.36. The minimum atomic E-state index is -0.604. The van der Waals surface area contributed by atoms with Crippen molar-refractivity contribution < 1.29 is 15.3 Å². The minimum absolute atomic E-state index is 0.152. The van der Waals surface area contributed by atoms with Crippen molar-refractivity contribution in [2.24, 2.45) is 0 Å². The Hall–Kier alpha value is -1.23. The molecule has 4 heteroatoms. The summed E-state index contributed by atoms with van der Waals surface area (Å²) in [6, 6.07) is 5.56. The van der Waals surface area contributed by atoms with Gasteiger partial charge in [-0.2, -0.15) is 0 Å². The number of rotatable bonds is 14. The van der Waals surface area contributed by atoms with Gasteiger partial charge in [0.25, 0.3) is 0 Å². The molecule has 0 saturated carbocycles. The summed E-state index contributed by atoms with van der Waals surface area (Å²) in [6.45, 7) is 2.37. The zero-order valence-electron chi connectivity index (χ0n) is 15.6. The molecule has 0 bridgehead atoms. The molecule has 0 amide bonds. The standard InChI is InChI=1S/C21H35NO3/c1-2-3-4-5-6-7-12-19(24)16-15-18-11-10-13-20(22-18)21(25)14-8-9-17-23/h10-11,13,15-16,19,21,23-25H,2-9,12,14,17H2,1H3/b16-15+/t19-,21-/m0/s1. The summed E-state index contributed by atoms with van der Waals surface area (Å²) in [6.07, 6.45) is 12.8. The van der Waals surface area contributed by atoms with Gasteiger partial charge in [-0.1, -0.05) is 57.6 Å². The maximum absolute atomic E-state index is 10.1. The second kappa shape index (κ2) is 14.0. The highest BCUT2D eigenvalue weighted by molar-refractivity contribution is 5.45. The minimum Gasteiger partial charge on any atom is -0.396 e. The van der Waals surface area contributed by atoms with Gasteiger partial charge in [-0.15, -0.1) is 0 Å². The van der Waals surface area contributed by atoms with Crippen LogP contribution in [0.5, 0.6) is 0 Å². The molecule has 0 saturated heterocycles. The fraction of sp³-hybridized carbons (Fsp3) is 0.667. The number of hydrogen-bond donors (Lipinski definition) is 3. The molecule has 25 heavy (non-hydrogen) atoms. The fourth-order valence-corrected chi connectivity index (χ4v) is 2.78. The largest absolute Gasteiger partial charge is 0.396 e. The molecule has 0 unspecified atom stereocenters. The van der Waals surface area contributed by atoms with Gasteiger partial charge in [-0.3, -0.25) is 4.98 Å². The van der Waals surface area contributed by atoms with Gasteiger partial charge in [-0.25, -0.2) is 0 Å². The molecule has 1 aromatic heterocycles. The number of aromatic nitrogens is 1. The Balaban J connectivity index is 2.37. The monoisotopic (exact) mass is 349 g/mol. The molecule has 1 heterocycles. The van der Waals surface area contributed by atoms with Crippen LogP contribution in [-0.2, 0) is 0 Å². The number of nitrogens with zero attached hydrogens (tertiary/aromatic N) is 1. The number of pyridine rings is 1. The van der Waals surface area contributed by atoms with Gasteiger partial charge in [0.1, 0.15) is 0 Å². The molecule has 0 aliphatic heterocycles. The van der Waals surface area contributed by atoms with Crippen LogP contribution in [0.15, 0.2) is 24.3 Å². The lowest BCUT2D eigenvalue weighted by Crippen LogP contribution is -2.03. The zero-order chi connectivity index (χ0) is 18.3. The van der Waals surface area contributed by atoms with Crippen molar-refractivity contribution in [1.82, 2.24) is 4.98 Å². The quantitative estimate of drug-likeness (QED) is 0.435. The molecule has 2 atom stereocenters. The molecule has 1 aromatic rings. The van der Waals surface area contributed by atoms with E-state index in [9.17, 15) is 10.2 Å². The van der Waals surface area contributed by atoms with Crippen LogP contribution in [0, 0.1) is 0 Å². The van der Waals surface area contributed by atoms with Crippen LogP contribution in [-0.4, -0.2) is 33.0 Å². The fourth-order valence-electron chi connectivity index (χ4n) is 2.78. The molecular formula is C21H35NO3. The van der Waals surface area contributed by atoms with E-state index in [4.69, 9.17) is 5.11 Å². The summed E-state index contributed by atoms with van der Waals surface area (Å²) in [5.74, 6) is 0. The number of unbranched alkanes of at least 4 members (excludes halogenated alkanes) is 6. The molecule has 4 nitrogen and oxygen atoms in total.